The van der Waals surface area contributed by atoms with E-state index in [0.717, 1.165) is 24.2 Å². The Morgan fingerprint density at radius 2 is 2.38 bits per heavy atom. The van der Waals surface area contributed by atoms with Crippen LogP contribution < -0.4 is 10.6 Å². The van der Waals surface area contributed by atoms with Gasteiger partial charge in [-0.05, 0) is 24.5 Å². The van der Waals surface area contributed by atoms with Gasteiger partial charge in [0.1, 0.15) is 6.04 Å². The number of nitrogens with zero attached hydrogens (tertiary/aromatic N) is 1. The summed E-state index contributed by atoms with van der Waals surface area (Å²) in [4.78, 5) is 13.1. The summed E-state index contributed by atoms with van der Waals surface area (Å²) >= 11 is 0. The topological polar surface area (TPSA) is 66.6 Å². The zero-order valence-electron chi connectivity index (χ0n) is 9.31. The average molecular weight is 220 g/mol. The van der Waals surface area contributed by atoms with Crippen LogP contribution in [0.25, 0.3) is 0 Å². The largest absolute Gasteiger partial charge is 0.480 e. The minimum atomic E-state index is -0.779. The summed E-state index contributed by atoms with van der Waals surface area (Å²) in [6.07, 6.45) is 1.47. The number of nitrogen functional groups attached to an aromatic ring is 1. The Kier molecular flexibility index (Phi) is 2.73. The molecule has 0 spiro atoms. The molecule has 0 aromatic heterocycles. The predicted octanol–water partition coefficient (Wildman–Crippen LogP) is 1.49. The van der Waals surface area contributed by atoms with Crippen LogP contribution in [0.5, 0.6) is 0 Å². The van der Waals surface area contributed by atoms with Gasteiger partial charge in [0.25, 0.3) is 0 Å². The van der Waals surface area contributed by atoms with Gasteiger partial charge in [0.2, 0.25) is 0 Å². The number of para-hydroxylation sites is 1. The van der Waals surface area contributed by atoms with Crippen LogP contribution in [0.2, 0.25) is 0 Å². The van der Waals surface area contributed by atoms with E-state index in [9.17, 15) is 4.79 Å². The lowest BCUT2D eigenvalue weighted by Gasteiger charge is -2.27. The molecular formula is C12H16N2O2. The Morgan fingerprint density at radius 3 is 3.00 bits per heavy atom. The van der Waals surface area contributed by atoms with E-state index in [1.54, 1.807) is 0 Å². The average Bonchev–Trinajstić information content (AvgIpc) is 2.64. The van der Waals surface area contributed by atoms with Crippen LogP contribution in [0.3, 0.4) is 0 Å². The summed E-state index contributed by atoms with van der Waals surface area (Å²) in [5.41, 5.74) is 8.66. The molecule has 0 bridgehead atoms. The van der Waals surface area contributed by atoms with Crippen molar-refractivity contribution < 1.29 is 9.90 Å². The number of rotatable bonds is 3. The Morgan fingerprint density at radius 1 is 1.62 bits per heavy atom. The van der Waals surface area contributed by atoms with Gasteiger partial charge in [-0.25, -0.2) is 4.79 Å². The van der Waals surface area contributed by atoms with Crippen molar-refractivity contribution in [3.05, 3.63) is 23.8 Å². The number of hydrogen-bond acceptors (Lipinski definition) is 3. The number of aliphatic carboxylic acids is 1. The second-order valence-corrected chi connectivity index (χ2v) is 4.06. The number of fused-ring (bicyclic) bond motifs is 1. The fourth-order valence-electron chi connectivity index (χ4n) is 2.36. The molecule has 1 aliphatic rings. The Hall–Kier alpha value is -1.71. The van der Waals surface area contributed by atoms with E-state index in [-0.39, 0.29) is 0 Å². The van der Waals surface area contributed by atoms with Gasteiger partial charge < -0.3 is 15.7 Å². The first-order chi connectivity index (χ1) is 7.65. The Balaban J connectivity index is 2.39. The summed E-state index contributed by atoms with van der Waals surface area (Å²) in [7, 11) is 0. The molecule has 1 aliphatic heterocycles. The molecule has 1 heterocycles. The molecule has 1 aromatic carbocycles. The van der Waals surface area contributed by atoms with Crippen molar-refractivity contribution in [3.63, 3.8) is 0 Å². The predicted molar refractivity (Wildman–Crippen MR) is 63.6 cm³/mol. The van der Waals surface area contributed by atoms with Gasteiger partial charge in [0.05, 0.1) is 11.4 Å². The van der Waals surface area contributed by atoms with Crippen molar-refractivity contribution in [3.8, 4) is 0 Å². The number of carbonyl (C=O) groups is 1. The molecule has 1 atom stereocenters. The van der Waals surface area contributed by atoms with Crippen LogP contribution in [-0.2, 0) is 11.2 Å². The third kappa shape index (κ3) is 1.60. The summed E-state index contributed by atoms with van der Waals surface area (Å²) in [5.74, 6) is -0.779. The van der Waals surface area contributed by atoms with Crippen molar-refractivity contribution in [2.24, 2.45) is 0 Å². The lowest BCUT2D eigenvalue weighted by Crippen LogP contribution is -2.40. The highest BCUT2D eigenvalue weighted by Crippen LogP contribution is 2.35. The number of anilines is 2. The highest BCUT2D eigenvalue weighted by Gasteiger charge is 2.30. The van der Waals surface area contributed by atoms with Crippen LogP contribution in [0, 0.1) is 0 Å². The number of nitrogens with two attached hydrogens (primary N) is 1. The summed E-state index contributed by atoms with van der Waals surface area (Å²) in [6.45, 7) is 2.63. The van der Waals surface area contributed by atoms with E-state index in [4.69, 9.17) is 10.8 Å². The van der Waals surface area contributed by atoms with Gasteiger partial charge >= 0.3 is 5.97 Å². The van der Waals surface area contributed by atoms with E-state index in [1.807, 2.05) is 30.0 Å². The maximum absolute atomic E-state index is 11.2. The quantitative estimate of drug-likeness (QED) is 0.757. The van der Waals surface area contributed by atoms with Gasteiger partial charge in [-0.1, -0.05) is 19.1 Å². The molecule has 4 heteroatoms. The minimum Gasteiger partial charge on any atom is -0.480 e. The minimum absolute atomic E-state index is 0.467. The SMILES string of the molecule is CCC(C(=O)O)N1CCc2cccc(N)c21. The van der Waals surface area contributed by atoms with Crippen molar-refractivity contribution in [1.29, 1.82) is 0 Å². The van der Waals surface area contributed by atoms with Crippen LogP contribution in [0.15, 0.2) is 18.2 Å². The van der Waals surface area contributed by atoms with Gasteiger partial charge in [0.15, 0.2) is 0 Å². The normalized spacial score (nSPS) is 15.9. The van der Waals surface area contributed by atoms with E-state index in [1.165, 1.54) is 0 Å². The molecule has 0 amide bonds. The molecule has 1 aromatic rings. The standard InChI is InChI=1S/C12H16N2O2/c1-2-10(12(15)16)14-7-6-8-4-3-5-9(13)11(8)14/h3-5,10H,2,6-7,13H2,1H3,(H,15,16). The first-order valence-electron chi connectivity index (χ1n) is 5.52. The van der Waals surface area contributed by atoms with Crippen LogP contribution in [0.1, 0.15) is 18.9 Å². The molecule has 2 rings (SSSR count). The van der Waals surface area contributed by atoms with Crippen molar-refractivity contribution in [2.45, 2.75) is 25.8 Å². The lowest BCUT2D eigenvalue weighted by molar-refractivity contribution is -0.138. The molecular weight excluding hydrogens is 204 g/mol. The van der Waals surface area contributed by atoms with Gasteiger partial charge in [0, 0.05) is 6.54 Å². The summed E-state index contributed by atoms with van der Waals surface area (Å²) in [6, 6.07) is 5.29. The van der Waals surface area contributed by atoms with Gasteiger partial charge in [-0.3, -0.25) is 0 Å². The second-order valence-electron chi connectivity index (χ2n) is 4.06. The van der Waals surface area contributed by atoms with E-state index >= 15 is 0 Å². The Bertz CT molecular complexity index is 417. The van der Waals surface area contributed by atoms with Crippen molar-refractivity contribution in [1.82, 2.24) is 0 Å². The number of benzene rings is 1. The molecule has 86 valence electrons. The lowest BCUT2D eigenvalue weighted by atomic mass is 10.1. The van der Waals surface area contributed by atoms with Crippen molar-refractivity contribution >= 4 is 17.3 Å². The first kappa shape index (κ1) is 10.8. The number of carboxylic acid groups (broad SMARTS) is 1. The monoisotopic (exact) mass is 220 g/mol. The second kappa shape index (κ2) is 4.04. The fourth-order valence-corrected chi connectivity index (χ4v) is 2.36. The number of hydrogen-bond donors (Lipinski definition) is 2. The highest BCUT2D eigenvalue weighted by molar-refractivity contribution is 5.83. The van der Waals surface area contributed by atoms with Crippen molar-refractivity contribution in [2.75, 3.05) is 17.2 Å². The highest BCUT2D eigenvalue weighted by atomic mass is 16.4. The Labute approximate surface area is 94.7 Å². The molecule has 16 heavy (non-hydrogen) atoms. The number of carboxylic acids is 1. The molecule has 0 fully saturated rings. The summed E-state index contributed by atoms with van der Waals surface area (Å²) < 4.78 is 0. The molecule has 3 N–H and O–H groups in total. The third-order valence-electron chi connectivity index (χ3n) is 3.11. The fraction of sp³-hybridized carbons (Fsp3) is 0.417. The molecule has 0 aliphatic carbocycles. The van der Waals surface area contributed by atoms with E-state index in [2.05, 4.69) is 0 Å². The zero-order chi connectivity index (χ0) is 11.7. The molecule has 0 saturated heterocycles. The molecule has 0 radical (unpaired) electrons. The van der Waals surface area contributed by atoms with Crippen LogP contribution in [-0.4, -0.2) is 23.7 Å². The maximum atomic E-state index is 11.2. The third-order valence-corrected chi connectivity index (χ3v) is 3.11. The molecule has 4 nitrogen and oxygen atoms in total. The zero-order valence-corrected chi connectivity index (χ0v) is 9.31. The van der Waals surface area contributed by atoms with E-state index in [0.29, 0.717) is 12.1 Å². The summed E-state index contributed by atoms with van der Waals surface area (Å²) in [5, 5.41) is 9.17. The van der Waals surface area contributed by atoms with E-state index < -0.39 is 12.0 Å². The maximum Gasteiger partial charge on any atom is 0.326 e. The smallest absolute Gasteiger partial charge is 0.326 e. The molecule has 0 saturated carbocycles. The van der Waals surface area contributed by atoms with Gasteiger partial charge in [-0.15, -0.1) is 0 Å². The first-order valence-corrected chi connectivity index (χ1v) is 5.52. The van der Waals surface area contributed by atoms with Crippen LogP contribution in [0.4, 0.5) is 11.4 Å². The van der Waals surface area contributed by atoms with Crippen LogP contribution >= 0.6 is 0 Å². The van der Waals surface area contributed by atoms with Gasteiger partial charge in [-0.2, -0.15) is 0 Å². The molecule has 1 unspecified atom stereocenters.